The highest BCUT2D eigenvalue weighted by Crippen LogP contribution is 2.44. The van der Waals surface area contributed by atoms with Crippen LogP contribution < -0.4 is 0 Å². The summed E-state index contributed by atoms with van der Waals surface area (Å²) in [5.74, 6) is -1.68. The van der Waals surface area contributed by atoms with Crippen LogP contribution in [0, 0.1) is 17.6 Å². The van der Waals surface area contributed by atoms with E-state index >= 15 is 0 Å². The van der Waals surface area contributed by atoms with Crippen LogP contribution in [0.4, 0.5) is 8.78 Å². The third kappa shape index (κ3) is 5.28. The number of carbonyl (C=O) groups is 2. The van der Waals surface area contributed by atoms with E-state index in [1.807, 2.05) is 22.9 Å². The molecule has 36 heavy (non-hydrogen) atoms. The van der Waals surface area contributed by atoms with E-state index in [0.29, 0.717) is 0 Å². The number of ether oxygens (including phenoxy) is 1. The van der Waals surface area contributed by atoms with Crippen LogP contribution in [-0.4, -0.2) is 29.2 Å². The standard InChI is InChI=1S/C28H24F2N2O3S/c29-22-8-4-18(5-9-22)14-21-2-1-3-24-27(21)31-32(28(24)20-6-10-23(30)11-7-20)25(33)16-35-26(34)15-19-12-13-36-17-19/h4-14,17,24,28H,1-3,15-16H2/b21-14-/t24-,28+/m1/s1. The molecule has 8 heteroatoms. The van der Waals surface area contributed by atoms with Crippen LogP contribution in [0.3, 0.4) is 0 Å². The van der Waals surface area contributed by atoms with Crippen molar-refractivity contribution >= 4 is 35.0 Å². The molecular formula is C28H24F2N2O3S. The van der Waals surface area contributed by atoms with Gasteiger partial charge in [0.05, 0.1) is 18.2 Å². The molecule has 0 spiro atoms. The summed E-state index contributed by atoms with van der Waals surface area (Å²) in [6.45, 7) is -0.429. The number of amides is 1. The number of benzene rings is 2. The fourth-order valence-corrected chi connectivity index (χ4v) is 5.45. The first-order valence-corrected chi connectivity index (χ1v) is 12.7. The van der Waals surface area contributed by atoms with Crippen molar-refractivity contribution in [2.75, 3.05) is 6.61 Å². The fraction of sp³-hybridized carbons (Fsp3) is 0.250. The molecule has 2 aromatic carbocycles. The Morgan fingerprint density at radius 1 is 1.06 bits per heavy atom. The number of hydrazone groups is 1. The number of halogens is 2. The largest absolute Gasteiger partial charge is 0.455 e. The van der Waals surface area contributed by atoms with Crippen molar-refractivity contribution in [3.05, 3.63) is 99.3 Å². The summed E-state index contributed by atoms with van der Waals surface area (Å²) in [6.07, 6.45) is 4.55. The zero-order valence-electron chi connectivity index (χ0n) is 19.4. The van der Waals surface area contributed by atoms with Gasteiger partial charge in [0, 0.05) is 5.92 Å². The molecule has 1 fully saturated rings. The van der Waals surface area contributed by atoms with Gasteiger partial charge in [-0.15, -0.1) is 0 Å². The Morgan fingerprint density at radius 2 is 1.78 bits per heavy atom. The molecule has 184 valence electrons. The molecule has 1 saturated carbocycles. The molecule has 1 aromatic heterocycles. The maximum Gasteiger partial charge on any atom is 0.310 e. The Hall–Kier alpha value is -3.65. The Kier molecular flexibility index (Phi) is 7.04. The average Bonchev–Trinajstić information content (AvgIpc) is 3.53. The van der Waals surface area contributed by atoms with Crippen molar-refractivity contribution < 1.29 is 23.1 Å². The van der Waals surface area contributed by atoms with Crippen LogP contribution >= 0.6 is 11.3 Å². The second kappa shape index (κ2) is 10.5. The third-order valence-electron chi connectivity index (χ3n) is 6.46. The van der Waals surface area contributed by atoms with Crippen LogP contribution in [0.15, 0.2) is 76.0 Å². The molecule has 2 atom stereocenters. The topological polar surface area (TPSA) is 59.0 Å². The number of carbonyl (C=O) groups excluding carboxylic acids is 2. The molecule has 3 aromatic rings. The molecule has 2 aliphatic rings. The van der Waals surface area contributed by atoms with E-state index in [9.17, 15) is 18.4 Å². The Labute approximate surface area is 211 Å². The monoisotopic (exact) mass is 506 g/mol. The molecule has 1 aliphatic carbocycles. The van der Waals surface area contributed by atoms with Crippen molar-refractivity contribution in [3.8, 4) is 0 Å². The van der Waals surface area contributed by atoms with Gasteiger partial charge in [0.15, 0.2) is 6.61 Å². The SMILES string of the molecule is O=C(Cc1ccsc1)OCC(=O)N1N=C2/C(=C\c3ccc(F)cc3)CCC[C@H]2[C@@H]1c1ccc(F)cc1. The summed E-state index contributed by atoms with van der Waals surface area (Å²) in [5.41, 5.74) is 4.22. The molecule has 1 aliphatic heterocycles. The highest BCUT2D eigenvalue weighted by Gasteiger charge is 2.43. The van der Waals surface area contributed by atoms with Crippen molar-refractivity contribution in [2.45, 2.75) is 31.7 Å². The summed E-state index contributed by atoms with van der Waals surface area (Å²) in [4.78, 5) is 25.5. The summed E-state index contributed by atoms with van der Waals surface area (Å²) < 4.78 is 32.3. The fourth-order valence-electron chi connectivity index (χ4n) is 4.78. The molecule has 0 radical (unpaired) electrons. The van der Waals surface area contributed by atoms with E-state index in [-0.39, 0.29) is 24.0 Å². The predicted molar refractivity (Wildman–Crippen MR) is 134 cm³/mol. The number of fused-ring (bicyclic) bond motifs is 1. The van der Waals surface area contributed by atoms with Gasteiger partial charge in [0.1, 0.15) is 11.6 Å². The zero-order valence-corrected chi connectivity index (χ0v) is 20.2. The van der Waals surface area contributed by atoms with Gasteiger partial charge < -0.3 is 4.74 Å². The van der Waals surface area contributed by atoms with E-state index < -0.39 is 24.5 Å². The molecule has 0 saturated heterocycles. The Bertz CT molecular complexity index is 1300. The first kappa shape index (κ1) is 24.1. The summed E-state index contributed by atoms with van der Waals surface area (Å²) >= 11 is 1.49. The zero-order chi connectivity index (χ0) is 25.1. The minimum absolute atomic E-state index is 0.0821. The van der Waals surface area contributed by atoms with Gasteiger partial charge >= 0.3 is 5.97 Å². The average molecular weight is 507 g/mol. The summed E-state index contributed by atoms with van der Waals surface area (Å²) in [5, 5.41) is 9.83. The smallest absolute Gasteiger partial charge is 0.310 e. The maximum absolute atomic E-state index is 13.7. The molecule has 5 rings (SSSR count). The molecule has 5 nitrogen and oxygen atoms in total. The lowest BCUT2D eigenvalue weighted by Crippen LogP contribution is -2.34. The van der Waals surface area contributed by atoms with Crippen molar-refractivity contribution in [1.29, 1.82) is 0 Å². The molecule has 0 N–H and O–H groups in total. The number of thiophene rings is 1. The van der Waals surface area contributed by atoms with E-state index in [2.05, 4.69) is 0 Å². The first-order valence-electron chi connectivity index (χ1n) is 11.8. The second-order valence-electron chi connectivity index (χ2n) is 8.91. The van der Waals surface area contributed by atoms with E-state index in [1.54, 1.807) is 24.3 Å². The summed E-state index contributed by atoms with van der Waals surface area (Å²) in [6, 6.07) is 13.7. The number of hydrogen-bond acceptors (Lipinski definition) is 5. The number of hydrogen-bond donors (Lipinski definition) is 0. The molecule has 0 unspecified atom stereocenters. The number of allylic oxidation sites excluding steroid dienone is 1. The molecule has 0 bridgehead atoms. The first-order chi connectivity index (χ1) is 17.5. The van der Waals surface area contributed by atoms with Crippen LogP contribution in [0.5, 0.6) is 0 Å². The van der Waals surface area contributed by atoms with Crippen LogP contribution in [0.2, 0.25) is 0 Å². The molecular weight excluding hydrogens is 482 g/mol. The highest BCUT2D eigenvalue weighted by molar-refractivity contribution is 7.08. The number of nitrogens with zero attached hydrogens (tertiary/aromatic N) is 2. The lowest BCUT2D eigenvalue weighted by Gasteiger charge is -2.29. The van der Waals surface area contributed by atoms with Gasteiger partial charge in [-0.3, -0.25) is 9.59 Å². The van der Waals surface area contributed by atoms with Crippen LogP contribution in [0.1, 0.15) is 42.0 Å². The van der Waals surface area contributed by atoms with Gasteiger partial charge in [-0.2, -0.15) is 16.4 Å². The van der Waals surface area contributed by atoms with Crippen molar-refractivity contribution in [2.24, 2.45) is 11.0 Å². The maximum atomic E-state index is 13.7. The van der Waals surface area contributed by atoms with Gasteiger partial charge in [0.25, 0.3) is 5.91 Å². The quantitative estimate of drug-likeness (QED) is 0.389. The van der Waals surface area contributed by atoms with Gasteiger partial charge in [0.2, 0.25) is 0 Å². The van der Waals surface area contributed by atoms with Crippen LogP contribution in [-0.2, 0) is 20.7 Å². The predicted octanol–water partition coefficient (Wildman–Crippen LogP) is 5.94. The van der Waals surface area contributed by atoms with E-state index in [1.165, 1.54) is 40.6 Å². The second-order valence-corrected chi connectivity index (χ2v) is 9.69. The number of rotatable bonds is 6. The van der Waals surface area contributed by atoms with Crippen molar-refractivity contribution in [1.82, 2.24) is 5.01 Å². The van der Waals surface area contributed by atoms with Crippen LogP contribution in [0.25, 0.3) is 6.08 Å². The Balaban J connectivity index is 1.41. The van der Waals surface area contributed by atoms with Crippen molar-refractivity contribution in [3.63, 3.8) is 0 Å². The van der Waals surface area contributed by atoms with Gasteiger partial charge in [-0.1, -0.05) is 24.3 Å². The lowest BCUT2D eigenvalue weighted by atomic mass is 9.77. The highest BCUT2D eigenvalue weighted by atomic mass is 32.1. The summed E-state index contributed by atoms with van der Waals surface area (Å²) in [7, 11) is 0. The Morgan fingerprint density at radius 3 is 2.47 bits per heavy atom. The molecule has 1 amide bonds. The normalized spacial score (nSPS) is 20.2. The third-order valence-corrected chi connectivity index (χ3v) is 7.20. The number of esters is 1. The van der Waals surface area contributed by atoms with E-state index in [0.717, 1.165) is 47.2 Å². The van der Waals surface area contributed by atoms with Gasteiger partial charge in [-0.25, -0.2) is 13.8 Å². The van der Waals surface area contributed by atoms with E-state index in [4.69, 9.17) is 9.84 Å². The molecule has 2 heterocycles. The minimum Gasteiger partial charge on any atom is -0.455 e. The lowest BCUT2D eigenvalue weighted by molar-refractivity contribution is -0.152. The van der Waals surface area contributed by atoms with Gasteiger partial charge in [-0.05, 0) is 88.7 Å². The minimum atomic E-state index is -0.485.